The van der Waals surface area contributed by atoms with Gasteiger partial charge in [0.05, 0.1) is 29.7 Å². The van der Waals surface area contributed by atoms with Crippen molar-refractivity contribution in [3.05, 3.63) is 67.5 Å². The monoisotopic (exact) mass is 522 g/mol. The van der Waals surface area contributed by atoms with Crippen LogP contribution in [0.5, 0.6) is 11.5 Å². The first-order valence-corrected chi connectivity index (χ1v) is 11.7. The molecule has 0 spiro atoms. The number of halogens is 2. The van der Waals surface area contributed by atoms with Crippen LogP contribution in [0.25, 0.3) is 22.2 Å². The van der Waals surface area contributed by atoms with Crippen molar-refractivity contribution in [3.8, 4) is 22.8 Å². The Morgan fingerprint density at radius 3 is 2.68 bits per heavy atom. The van der Waals surface area contributed by atoms with Gasteiger partial charge in [0.15, 0.2) is 0 Å². The van der Waals surface area contributed by atoms with Gasteiger partial charge in [-0.2, -0.15) is 8.78 Å². The fourth-order valence-corrected chi connectivity index (χ4v) is 3.83. The summed E-state index contributed by atoms with van der Waals surface area (Å²) in [6.45, 7) is 1.86. The van der Waals surface area contributed by atoms with Crippen LogP contribution in [0, 0.1) is 0 Å². The fraction of sp³-hybridized carbons (Fsp3) is 0.222. The Bertz CT molecular complexity index is 1450. The highest BCUT2D eigenvalue weighted by Gasteiger charge is 2.18. The lowest BCUT2D eigenvalue weighted by Gasteiger charge is -2.18. The van der Waals surface area contributed by atoms with E-state index in [1.165, 1.54) is 19.5 Å². The normalized spacial score (nSPS) is 11.1. The minimum absolute atomic E-state index is 0.206. The Balaban J connectivity index is 1.70. The molecular weight excluding hydrogens is 494 g/mol. The number of amides is 1. The topological polar surface area (TPSA) is 93.5 Å². The average molecular weight is 523 g/mol. The lowest BCUT2D eigenvalue weighted by atomic mass is 10.1. The number of carbonyl (C=O) groups is 1. The average Bonchev–Trinajstić information content (AvgIpc) is 3.30. The Hall–Kier alpha value is -4.51. The van der Waals surface area contributed by atoms with Crippen molar-refractivity contribution < 1.29 is 23.0 Å². The molecule has 0 bridgehead atoms. The maximum atomic E-state index is 13.6. The second kappa shape index (κ2) is 11.7. The lowest BCUT2D eigenvalue weighted by Crippen LogP contribution is -2.20. The van der Waals surface area contributed by atoms with E-state index in [4.69, 9.17) is 9.47 Å². The summed E-state index contributed by atoms with van der Waals surface area (Å²) in [5.74, 6) is 0.632. The van der Waals surface area contributed by atoms with Crippen molar-refractivity contribution in [2.24, 2.45) is 0 Å². The molecule has 0 atom stereocenters. The third-order valence-electron chi connectivity index (χ3n) is 5.67. The van der Waals surface area contributed by atoms with Gasteiger partial charge in [0.1, 0.15) is 18.1 Å². The van der Waals surface area contributed by atoms with Gasteiger partial charge in [0, 0.05) is 36.0 Å². The highest BCUT2D eigenvalue weighted by molar-refractivity contribution is 6.00. The second-order valence-corrected chi connectivity index (χ2v) is 8.53. The van der Waals surface area contributed by atoms with Gasteiger partial charge in [-0.15, -0.1) is 0 Å². The van der Waals surface area contributed by atoms with Crippen LogP contribution in [0.4, 0.5) is 26.1 Å². The van der Waals surface area contributed by atoms with E-state index in [1.807, 2.05) is 19.0 Å². The Kier molecular flexibility index (Phi) is 8.17. The number of carbonyl (C=O) groups excluding carboxylic acids is 1. The van der Waals surface area contributed by atoms with Gasteiger partial charge in [0.2, 0.25) is 11.9 Å². The van der Waals surface area contributed by atoms with Crippen LogP contribution in [-0.4, -0.2) is 59.7 Å². The molecule has 0 saturated heterocycles. The highest BCUT2D eigenvalue weighted by atomic mass is 19.3. The zero-order valence-electron chi connectivity index (χ0n) is 21.2. The predicted octanol–water partition coefficient (Wildman–Crippen LogP) is 5.31. The number of anilines is 3. The summed E-state index contributed by atoms with van der Waals surface area (Å²) in [7, 11) is 5.36. The zero-order chi connectivity index (χ0) is 27.2. The summed E-state index contributed by atoms with van der Waals surface area (Å²) in [6.07, 6.45) is 4.07. The van der Waals surface area contributed by atoms with Crippen molar-refractivity contribution in [1.82, 2.24) is 19.4 Å². The number of alkyl halides is 2. The van der Waals surface area contributed by atoms with Gasteiger partial charge in [-0.25, -0.2) is 9.97 Å². The molecular formula is C27H28F2N6O3. The molecule has 1 amide bonds. The second-order valence-electron chi connectivity index (χ2n) is 8.53. The van der Waals surface area contributed by atoms with Crippen molar-refractivity contribution in [3.63, 3.8) is 0 Å². The van der Waals surface area contributed by atoms with Crippen molar-refractivity contribution in [2.75, 3.05) is 45.0 Å². The Morgan fingerprint density at radius 2 is 1.97 bits per heavy atom. The molecule has 38 heavy (non-hydrogen) atoms. The molecule has 198 valence electrons. The number of likely N-dealkylation sites (N-methyl/N-ethyl adjacent to an activating group) is 1. The van der Waals surface area contributed by atoms with Gasteiger partial charge in [0.25, 0.3) is 0 Å². The van der Waals surface area contributed by atoms with Crippen molar-refractivity contribution >= 4 is 34.1 Å². The molecule has 0 fully saturated rings. The van der Waals surface area contributed by atoms with Crippen LogP contribution in [-0.2, 0) is 4.79 Å². The molecule has 11 heteroatoms. The van der Waals surface area contributed by atoms with Crippen LogP contribution in [0.3, 0.4) is 0 Å². The summed E-state index contributed by atoms with van der Waals surface area (Å²) in [6, 6.07) is 11.8. The van der Waals surface area contributed by atoms with E-state index in [0.717, 1.165) is 10.6 Å². The SMILES string of the molecule is C=CC(=O)Nc1cc(Nc2nccc(-c3cn(C(F)F)c4ccccc34)n2)c(OC)cc1OCCN(C)C. The number of hydrogen-bond donors (Lipinski definition) is 2. The number of nitrogens with one attached hydrogen (secondary N) is 2. The van der Waals surface area contributed by atoms with E-state index < -0.39 is 12.5 Å². The van der Waals surface area contributed by atoms with Crippen LogP contribution in [0.15, 0.2) is 67.5 Å². The summed E-state index contributed by atoms with van der Waals surface area (Å²) < 4.78 is 39.6. The zero-order valence-corrected chi connectivity index (χ0v) is 21.2. The van der Waals surface area contributed by atoms with Gasteiger partial charge in [-0.05, 0) is 38.4 Å². The number of rotatable bonds is 11. The number of methoxy groups -OCH3 is 1. The van der Waals surface area contributed by atoms with Crippen molar-refractivity contribution in [2.45, 2.75) is 6.55 Å². The van der Waals surface area contributed by atoms with Gasteiger partial charge < -0.3 is 25.0 Å². The molecule has 0 aliphatic rings. The molecule has 0 radical (unpaired) electrons. The van der Waals surface area contributed by atoms with Gasteiger partial charge >= 0.3 is 6.55 Å². The number of ether oxygens (including phenoxy) is 2. The van der Waals surface area contributed by atoms with Crippen LogP contribution in [0.2, 0.25) is 0 Å². The molecule has 0 unspecified atom stereocenters. The maximum Gasteiger partial charge on any atom is 0.319 e. The minimum Gasteiger partial charge on any atom is -0.494 e. The van der Waals surface area contributed by atoms with Crippen LogP contribution in [0.1, 0.15) is 6.55 Å². The van der Waals surface area contributed by atoms with E-state index in [9.17, 15) is 13.6 Å². The molecule has 2 aromatic heterocycles. The largest absolute Gasteiger partial charge is 0.494 e. The number of nitrogens with zero attached hydrogens (tertiary/aromatic N) is 4. The van der Waals surface area contributed by atoms with Gasteiger partial charge in [-0.3, -0.25) is 9.36 Å². The maximum absolute atomic E-state index is 13.6. The number of para-hydroxylation sites is 1. The quantitative estimate of drug-likeness (QED) is 0.258. The first-order chi connectivity index (χ1) is 18.3. The summed E-state index contributed by atoms with van der Waals surface area (Å²) in [5.41, 5.74) is 2.26. The minimum atomic E-state index is -2.69. The molecule has 2 N–H and O–H groups in total. The molecule has 0 aliphatic heterocycles. The molecule has 2 aromatic carbocycles. The van der Waals surface area contributed by atoms with E-state index in [2.05, 4.69) is 27.2 Å². The fourth-order valence-electron chi connectivity index (χ4n) is 3.83. The van der Waals surface area contributed by atoms with Crippen LogP contribution >= 0.6 is 0 Å². The molecule has 2 heterocycles. The smallest absolute Gasteiger partial charge is 0.319 e. The lowest BCUT2D eigenvalue weighted by molar-refractivity contribution is -0.111. The van der Waals surface area contributed by atoms with Crippen molar-refractivity contribution in [1.29, 1.82) is 0 Å². The molecule has 4 rings (SSSR count). The first kappa shape index (κ1) is 26.6. The summed E-state index contributed by atoms with van der Waals surface area (Å²) in [4.78, 5) is 22.9. The Morgan fingerprint density at radius 1 is 1.18 bits per heavy atom. The summed E-state index contributed by atoms with van der Waals surface area (Å²) in [5, 5.41) is 6.48. The van der Waals surface area contributed by atoms with E-state index in [-0.39, 0.29) is 5.95 Å². The van der Waals surface area contributed by atoms with E-state index >= 15 is 0 Å². The Labute approximate surface area is 218 Å². The van der Waals surface area contributed by atoms with Gasteiger partial charge in [-0.1, -0.05) is 24.8 Å². The third-order valence-corrected chi connectivity index (χ3v) is 5.67. The number of aromatic nitrogens is 3. The third kappa shape index (κ3) is 5.89. The molecule has 9 nitrogen and oxygen atoms in total. The number of benzene rings is 2. The molecule has 0 aliphatic carbocycles. The molecule has 0 saturated carbocycles. The number of fused-ring (bicyclic) bond motifs is 1. The number of hydrogen-bond acceptors (Lipinski definition) is 7. The highest BCUT2D eigenvalue weighted by Crippen LogP contribution is 2.38. The van der Waals surface area contributed by atoms with Crippen LogP contribution < -0.4 is 20.1 Å². The molecule has 4 aromatic rings. The van der Waals surface area contributed by atoms with E-state index in [0.29, 0.717) is 58.2 Å². The van der Waals surface area contributed by atoms with E-state index in [1.54, 1.807) is 42.5 Å². The summed E-state index contributed by atoms with van der Waals surface area (Å²) >= 11 is 0. The standard InChI is InChI=1S/C27H28F2N6O3/c1-5-25(36)31-21-14-20(23(37-4)15-24(21)38-13-12-34(2)3)33-27-30-11-10-19(32-27)18-16-35(26(28)29)22-9-7-6-8-17(18)22/h5-11,14-16,26H,1,12-13H2,2-4H3,(H,31,36)(H,30,32,33). The first-order valence-electron chi connectivity index (χ1n) is 11.7. The predicted molar refractivity (Wildman–Crippen MR) is 143 cm³/mol.